The highest BCUT2D eigenvalue weighted by molar-refractivity contribution is 5.99. The van der Waals surface area contributed by atoms with Crippen LogP contribution in [0, 0.1) is 11.3 Å². The van der Waals surface area contributed by atoms with E-state index in [2.05, 4.69) is 31.4 Å². The van der Waals surface area contributed by atoms with Crippen LogP contribution in [0.2, 0.25) is 0 Å². The van der Waals surface area contributed by atoms with Crippen molar-refractivity contribution < 1.29 is 19.1 Å². The Kier molecular flexibility index (Phi) is 6.78. The van der Waals surface area contributed by atoms with Crippen LogP contribution in [0.1, 0.15) is 45.2 Å². The van der Waals surface area contributed by atoms with Crippen molar-refractivity contribution >= 4 is 23.3 Å². The molecule has 1 aromatic heterocycles. The van der Waals surface area contributed by atoms with Crippen LogP contribution < -0.4 is 25.7 Å². The minimum atomic E-state index is -0.534. The number of hydrogen-bond acceptors (Lipinski definition) is 5. The molecule has 2 aliphatic rings. The van der Waals surface area contributed by atoms with Gasteiger partial charge >= 0.3 is 6.03 Å². The van der Waals surface area contributed by atoms with E-state index in [0.717, 1.165) is 12.1 Å². The lowest BCUT2D eigenvalue weighted by Gasteiger charge is -2.43. The molecule has 2 unspecified atom stereocenters. The number of nitrogens with zero attached hydrogens (tertiary/aromatic N) is 2. The number of pyridine rings is 1. The van der Waals surface area contributed by atoms with Crippen LogP contribution in [0.5, 0.6) is 11.5 Å². The van der Waals surface area contributed by atoms with Crippen molar-refractivity contribution in [1.82, 2.24) is 9.47 Å². The van der Waals surface area contributed by atoms with Crippen LogP contribution in [0.3, 0.4) is 0 Å². The molecule has 9 heteroatoms. The zero-order chi connectivity index (χ0) is 25.3. The lowest BCUT2D eigenvalue weighted by atomic mass is 9.82. The normalized spacial score (nSPS) is 18.9. The Morgan fingerprint density at radius 3 is 2.31 bits per heavy atom. The third-order valence-corrected chi connectivity index (χ3v) is 6.50. The molecular weight excluding hydrogens is 448 g/mol. The number of aromatic nitrogens is 1. The molecule has 2 aliphatic heterocycles. The highest BCUT2D eigenvalue weighted by Gasteiger charge is 2.37. The zero-order valence-corrected chi connectivity index (χ0v) is 21.0. The van der Waals surface area contributed by atoms with E-state index in [1.165, 1.54) is 14.2 Å². The first-order chi connectivity index (χ1) is 16.6. The molecule has 0 saturated carbocycles. The Labute approximate surface area is 205 Å². The number of nitrogens with one attached hydrogen (secondary N) is 2. The van der Waals surface area contributed by atoms with E-state index in [-0.39, 0.29) is 34.4 Å². The van der Waals surface area contributed by atoms with E-state index in [0.29, 0.717) is 43.2 Å². The van der Waals surface area contributed by atoms with Gasteiger partial charge in [0, 0.05) is 61.6 Å². The molecular formula is C26H34N4O5. The van der Waals surface area contributed by atoms with Gasteiger partial charge in [-0.3, -0.25) is 9.59 Å². The summed E-state index contributed by atoms with van der Waals surface area (Å²) < 4.78 is 12.2. The second kappa shape index (κ2) is 9.64. The predicted molar refractivity (Wildman–Crippen MR) is 134 cm³/mol. The number of ether oxygens (including phenoxy) is 2. The van der Waals surface area contributed by atoms with Crippen molar-refractivity contribution in [3.63, 3.8) is 0 Å². The molecule has 3 heterocycles. The van der Waals surface area contributed by atoms with Gasteiger partial charge in [-0.25, -0.2) is 4.79 Å². The van der Waals surface area contributed by atoms with Crippen LogP contribution >= 0.6 is 0 Å². The molecule has 0 spiro atoms. The van der Waals surface area contributed by atoms with E-state index < -0.39 is 6.03 Å². The number of fused-ring (bicyclic) bond motifs is 4. The van der Waals surface area contributed by atoms with Gasteiger partial charge in [0.2, 0.25) is 5.91 Å². The van der Waals surface area contributed by atoms with Crippen molar-refractivity contribution in [3.8, 4) is 11.5 Å². The first kappa shape index (κ1) is 24.6. The molecule has 1 fully saturated rings. The maximum atomic E-state index is 13.2. The van der Waals surface area contributed by atoms with Gasteiger partial charge in [0.15, 0.2) is 0 Å². The Morgan fingerprint density at radius 1 is 1.00 bits per heavy atom. The molecule has 2 N–H and O–H groups in total. The monoisotopic (exact) mass is 482 g/mol. The molecule has 0 radical (unpaired) electrons. The summed E-state index contributed by atoms with van der Waals surface area (Å²) in [6.45, 7) is 8.02. The van der Waals surface area contributed by atoms with Crippen molar-refractivity contribution in [1.29, 1.82) is 0 Å². The molecule has 2 atom stereocenters. The number of methoxy groups -OCH3 is 2. The number of anilines is 2. The van der Waals surface area contributed by atoms with E-state index >= 15 is 0 Å². The fourth-order valence-electron chi connectivity index (χ4n) is 4.97. The molecule has 0 aliphatic carbocycles. The van der Waals surface area contributed by atoms with E-state index in [4.69, 9.17) is 9.47 Å². The van der Waals surface area contributed by atoms with Crippen LogP contribution in [-0.4, -0.2) is 48.7 Å². The van der Waals surface area contributed by atoms with Crippen molar-refractivity contribution in [3.05, 3.63) is 46.4 Å². The smallest absolute Gasteiger partial charge is 0.323 e. The van der Waals surface area contributed by atoms with Gasteiger partial charge in [-0.2, -0.15) is 0 Å². The topological polar surface area (TPSA) is 102 Å². The van der Waals surface area contributed by atoms with Gasteiger partial charge in [-0.15, -0.1) is 0 Å². The Hall–Kier alpha value is -3.49. The van der Waals surface area contributed by atoms with Gasteiger partial charge < -0.3 is 29.6 Å². The van der Waals surface area contributed by atoms with Crippen LogP contribution in [0.15, 0.2) is 35.1 Å². The summed E-state index contributed by atoms with van der Waals surface area (Å²) in [5.41, 5.74) is 1.32. The van der Waals surface area contributed by atoms with E-state index in [1.54, 1.807) is 28.8 Å². The molecule has 3 amide bonds. The summed E-state index contributed by atoms with van der Waals surface area (Å²) in [5.74, 6) is 1.58. The molecule has 2 aromatic rings. The number of amides is 3. The summed E-state index contributed by atoms with van der Waals surface area (Å²) in [6, 6.07) is 8.03. The quantitative estimate of drug-likeness (QED) is 0.673. The highest BCUT2D eigenvalue weighted by atomic mass is 16.5. The SMILES string of the molecule is COc1cc(NC(=O)Nc2ccc3n(c2=O)CC2CC3CN(C(=O)CC(C)(C)C)C2)cc(OC)c1. The first-order valence-corrected chi connectivity index (χ1v) is 11.9. The van der Waals surface area contributed by atoms with Gasteiger partial charge in [0.1, 0.15) is 17.2 Å². The van der Waals surface area contributed by atoms with Crippen LogP contribution in [-0.2, 0) is 11.3 Å². The number of rotatable bonds is 5. The fourth-order valence-corrected chi connectivity index (χ4v) is 4.97. The molecule has 35 heavy (non-hydrogen) atoms. The Balaban J connectivity index is 1.48. The fraction of sp³-hybridized carbons (Fsp3) is 0.500. The molecule has 9 nitrogen and oxygen atoms in total. The van der Waals surface area contributed by atoms with E-state index in [9.17, 15) is 14.4 Å². The van der Waals surface area contributed by atoms with Gasteiger partial charge in [0.25, 0.3) is 5.56 Å². The molecule has 1 aromatic carbocycles. The molecule has 2 bridgehead atoms. The highest BCUT2D eigenvalue weighted by Crippen LogP contribution is 2.36. The number of carbonyl (C=O) groups is 2. The predicted octanol–water partition coefficient (Wildman–Crippen LogP) is 3.89. The third kappa shape index (κ3) is 5.61. The largest absolute Gasteiger partial charge is 0.497 e. The van der Waals surface area contributed by atoms with E-state index in [1.807, 2.05) is 11.0 Å². The summed E-state index contributed by atoms with van der Waals surface area (Å²) in [5, 5.41) is 5.39. The lowest BCUT2D eigenvalue weighted by Crippen LogP contribution is -2.49. The standard InChI is InChI=1S/C26H34N4O5/c1-26(2,3)12-23(31)29-13-16-8-17(15-29)22-7-6-21(24(32)30(22)14-16)28-25(33)27-18-9-19(34-4)11-20(10-18)35-5/h6-7,9-11,16-17H,8,12-15H2,1-5H3,(H2,27,28,33). The number of likely N-dealkylation sites (tertiary alicyclic amines) is 1. The van der Waals surface area contributed by atoms with Gasteiger partial charge in [-0.1, -0.05) is 20.8 Å². The van der Waals surface area contributed by atoms with Crippen molar-refractivity contribution in [2.24, 2.45) is 11.3 Å². The third-order valence-electron chi connectivity index (χ3n) is 6.50. The number of benzene rings is 1. The molecule has 188 valence electrons. The summed E-state index contributed by atoms with van der Waals surface area (Å²) in [4.78, 5) is 40.6. The van der Waals surface area contributed by atoms with Crippen LogP contribution in [0.4, 0.5) is 16.2 Å². The summed E-state index contributed by atoms with van der Waals surface area (Å²) in [6.07, 6.45) is 1.47. The first-order valence-electron chi connectivity index (χ1n) is 11.9. The number of carbonyl (C=O) groups excluding carboxylic acids is 2. The zero-order valence-electron chi connectivity index (χ0n) is 21.0. The summed E-state index contributed by atoms with van der Waals surface area (Å²) in [7, 11) is 3.06. The second-order valence-electron chi connectivity index (χ2n) is 10.6. The Morgan fingerprint density at radius 2 is 1.69 bits per heavy atom. The number of piperidine rings is 1. The van der Waals surface area contributed by atoms with Gasteiger partial charge in [-0.05, 0) is 29.9 Å². The number of urea groups is 1. The van der Waals surface area contributed by atoms with Crippen LogP contribution in [0.25, 0.3) is 0 Å². The number of hydrogen-bond donors (Lipinski definition) is 2. The second-order valence-corrected chi connectivity index (χ2v) is 10.6. The van der Waals surface area contributed by atoms with Crippen molar-refractivity contribution in [2.45, 2.75) is 46.1 Å². The minimum Gasteiger partial charge on any atom is -0.497 e. The maximum absolute atomic E-state index is 13.2. The average Bonchev–Trinajstić information content (AvgIpc) is 2.79. The minimum absolute atomic E-state index is 0.0599. The maximum Gasteiger partial charge on any atom is 0.323 e. The summed E-state index contributed by atoms with van der Waals surface area (Å²) >= 11 is 0. The van der Waals surface area contributed by atoms with Gasteiger partial charge in [0.05, 0.1) is 14.2 Å². The van der Waals surface area contributed by atoms with Crippen molar-refractivity contribution in [2.75, 3.05) is 37.9 Å². The Bertz CT molecular complexity index is 1160. The lowest BCUT2D eigenvalue weighted by molar-refractivity contribution is -0.135. The average molecular weight is 483 g/mol. The molecule has 4 rings (SSSR count). The molecule has 1 saturated heterocycles.